The number of piperidine rings is 1. The number of nitrogens with zero attached hydrogens (tertiary/aromatic N) is 1. The smallest absolute Gasteiger partial charge is 0.352 e. The molecular formula is C20H28ClF3N3OPS. The molecule has 2 fully saturated rings. The lowest BCUT2D eigenvalue weighted by Crippen LogP contribution is -2.40. The lowest BCUT2D eigenvalue weighted by atomic mass is 9.96. The molecule has 1 amide bonds. The Kier molecular flexibility index (Phi) is 8.73. The first kappa shape index (κ1) is 24.1. The number of carbonyl (C=O) groups is 1. The summed E-state index contributed by atoms with van der Waals surface area (Å²) in [4.78, 5) is 14.7. The predicted molar refractivity (Wildman–Crippen MR) is 119 cm³/mol. The molecule has 30 heavy (non-hydrogen) atoms. The van der Waals surface area contributed by atoms with E-state index in [2.05, 4.69) is 33.4 Å². The van der Waals surface area contributed by atoms with Gasteiger partial charge >= 0.3 is 6.18 Å². The van der Waals surface area contributed by atoms with Crippen molar-refractivity contribution in [3.05, 3.63) is 34.3 Å². The third kappa shape index (κ3) is 7.86. The quantitative estimate of drug-likeness (QED) is 0.474. The number of rotatable bonds is 9. The summed E-state index contributed by atoms with van der Waals surface area (Å²) in [5.41, 5.74) is -0.966. The summed E-state index contributed by atoms with van der Waals surface area (Å²) in [7, 11) is -0.128. The Labute approximate surface area is 186 Å². The summed E-state index contributed by atoms with van der Waals surface area (Å²) in [5, 5.41) is 7.19. The van der Waals surface area contributed by atoms with Gasteiger partial charge in [-0.15, -0.1) is 11.4 Å². The van der Waals surface area contributed by atoms with E-state index >= 15 is 0 Å². The molecule has 1 aromatic carbocycles. The third-order valence-electron chi connectivity index (χ3n) is 5.34. The summed E-state index contributed by atoms with van der Waals surface area (Å²) in [6.07, 6.45) is 0.146. The SMILES string of the molecule is CP(NCCN1CCC(CNC(=O)c2cc(Cl)cc(C(F)(F)F)c2)CC1)SC1CC1. The maximum absolute atomic E-state index is 12.9. The van der Waals surface area contributed by atoms with Crippen LogP contribution in [0.2, 0.25) is 5.02 Å². The predicted octanol–water partition coefficient (Wildman–Crippen LogP) is 5.23. The van der Waals surface area contributed by atoms with Crippen LogP contribution in [-0.2, 0) is 6.18 Å². The van der Waals surface area contributed by atoms with E-state index in [-0.39, 0.29) is 17.9 Å². The fourth-order valence-corrected chi connectivity index (χ4v) is 7.43. The number of benzene rings is 1. The van der Waals surface area contributed by atoms with Crippen LogP contribution in [0.25, 0.3) is 0 Å². The van der Waals surface area contributed by atoms with E-state index in [1.165, 1.54) is 18.9 Å². The zero-order chi connectivity index (χ0) is 21.7. The molecule has 0 aromatic heterocycles. The van der Waals surface area contributed by atoms with E-state index in [1.807, 2.05) is 0 Å². The minimum Gasteiger partial charge on any atom is -0.352 e. The Hall–Kier alpha value is -0.530. The van der Waals surface area contributed by atoms with Crippen molar-refractivity contribution in [2.75, 3.05) is 39.4 Å². The van der Waals surface area contributed by atoms with Crippen LogP contribution in [0.15, 0.2) is 18.2 Å². The van der Waals surface area contributed by atoms with Crippen LogP contribution in [0.3, 0.4) is 0 Å². The summed E-state index contributed by atoms with van der Waals surface area (Å²) >= 11 is 7.85. The summed E-state index contributed by atoms with van der Waals surface area (Å²) in [6, 6.07) is 2.95. The molecule has 4 nitrogen and oxygen atoms in total. The second-order valence-electron chi connectivity index (χ2n) is 7.93. The first-order valence-corrected chi connectivity index (χ1v) is 13.9. The molecule has 1 aromatic rings. The van der Waals surface area contributed by atoms with E-state index in [0.29, 0.717) is 12.5 Å². The molecular weight excluding hydrogens is 454 g/mol. The van der Waals surface area contributed by atoms with Crippen LogP contribution in [0.5, 0.6) is 0 Å². The number of alkyl halides is 3. The van der Waals surface area contributed by atoms with Gasteiger partial charge in [-0.05, 0) is 69.6 Å². The van der Waals surface area contributed by atoms with E-state index < -0.39 is 17.6 Å². The van der Waals surface area contributed by atoms with Crippen LogP contribution in [0.1, 0.15) is 41.6 Å². The van der Waals surface area contributed by atoms with E-state index in [1.54, 1.807) is 0 Å². The van der Waals surface area contributed by atoms with Crippen molar-refractivity contribution in [1.29, 1.82) is 0 Å². The Morgan fingerprint density at radius 3 is 2.57 bits per heavy atom. The maximum Gasteiger partial charge on any atom is 0.416 e. The van der Waals surface area contributed by atoms with Crippen molar-refractivity contribution in [3.8, 4) is 0 Å². The summed E-state index contributed by atoms with van der Waals surface area (Å²) < 4.78 is 38.7. The molecule has 1 aliphatic heterocycles. The van der Waals surface area contributed by atoms with E-state index in [0.717, 1.165) is 56.4 Å². The zero-order valence-electron chi connectivity index (χ0n) is 17.0. The number of nitrogens with one attached hydrogen (secondary N) is 2. The molecule has 1 atom stereocenters. The van der Waals surface area contributed by atoms with Gasteiger partial charge in [0.25, 0.3) is 5.91 Å². The lowest BCUT2D eigenvalue weighted by molar-refractivity contribution is -0.137. The number of hydrogen-bond donors (Lipinski definition) is 2. The first-order valence-electron chi connectivity index (χ1n) is 10.2. The highest BCUT2D eigenvalue weighted by Gasteiger charge is 2.32. The van der Waals surface area contributed by atoms with Crippen LogP contribution in [-0.4, -0.2) is 55.4 Å². The maximum atomic E-state index is 12.9. The molecule has 1 unspecified atom stereocenters. The highest BCUT2D eigenvalue weighted by Crippen LogP contribution is 2.52. The average molecular weight is 482 g/mol. The van der Waals surface area contributed by atoms with Crippen molar-refractivity contribution >= 4 is 36.2 Å². The van der Waals surface area contributed by atoms with Crippen molar-refractivity contribution in [2.45, 2.75) is 37.1 Å². The first-order chi connectivity index (χ1) is 14.2. The van der Waals surface area contributed by atoms with E-state index in [4.69, 9.17) is 11.6 Å². The molecule has 1 heterocycles. The van der Waals surface area contributed by atoms with Gasteiger partial charge in [0, 0.05) is 42.7 Å². The van der Waals surface area contributed by atoms with Crippen LogP contribution in [0, 0.1) is 5.92 Å². The molecule has 0 bridgehead atoms. The standard InChI is InChI=1S/C20H28ClF3N3OPS/c1-29(30-18-2-3-18)26-6-9-27-7-4-14(5-8-27)13-25-19(28)15-10-16(20(22,23)24)12-17(21)11-15/h10-12,14,18,26H,2-9,13H2,1H3,(H,25,28). The third-order valence-corrected chi connectivity index (χ3v) is 9.54. The van der Waals surface area contributed by atoms with E-state index in [9.17, 15) is 18.0 Å². The fraction of sp³-hybridized carbons (Fsp3) is 0.650. The van der Waals surface area contributed by atoms with Gasteiger partial charge in [-0.1, -0.05) is 11.6 Å². The molecule has 0 spiro atoms. The van der Waals surface area contributed by atoms with Gasteiger partial charge in [0.05, 0.1) is 5.56 Å². The molecule has 1 saturated heterocycles. The normalized spacial score (nSPS) is 19.6. The number of halogens is 4. The van der Waals surface area contributed by atoms with Gasteiger partial charge in [-0.25, -0.2) is 0 Å². The number of carbonyl (C=O) groups excluding carboxylic acids is 1. The zero-order valence-corrected chi connectivity index (χ0v) is 19.4. The van der Waals surface area contributed by atoms with Crippen molar-refractivity contribution in [3.63, 3.8) is 0 Å². The Morgan fingerprint density at radius 1 is 1.23 bits per heavy atom. The van der Waals surface area contributed by atoms with Crippen molar-refractivity contribution in [2.24, 2.45) is 5.92 Å². The fourth-order valence-electron chi connectivity index (χ4n) is 3.44. The van der Waals surface area contributed by atoms with Gasteiger partial charge in [0.15, 0.2) is 0 Å². The molecule has 1 aliphatic carbocycles. The number of hydrogen-bond acceptors (Lipinski definition) is 4. The molecule has 2 N–H and O–H groups in total. The van der Waals surface area contributed by atoms with Crippen LogP contribution in [0.4, 0.5) is 13.2 Å². The molecule has 0 radical (unpaired) electrons. The molecule has 2 aliphatic rings. The highest BCUT2D eigenvalue weighted by atomic mass is 35.5. The van der Waals surface area contributed by atoms with Crippen molar-refractivity contribution < 1.29 is 18.0 Å². The van der Waals surface area contributed by atoms with Gasteiger partial charge in [0.2, 0.25) is 0 Å². The second kappa shape index (κ2) is 10.9. The van der Waals surface area contributed by atoms with Gasteiger partial charge < -0.3 is 10.2 Å². The molecule has 3 rings (SSSR count). The van der Waals surface area contributed by atoms with Gasteiger partial charge in [-0.2, -0.15) is 13.2 Å². The number of amides is 1. The Morgan fingerprint density at radius 2 is 1.93 bits per heavy atom. The molecule has 1 saturated carbocycles. The lowest BCUT2D eigenvalue weighted by Gasteiger charge is -2.32. The summed E-state index contributed by atoms with van der Waals surface area (Å²) in [6.45, 7) is 6.74. The Bertz CT molecular complexity index is 728. The minimum absolute atomic E-state index is 0.0570. The van der Waals surface area contributed by atoms with Gasteiger partial charge in [0.1, 0.15) is 0 Å². The van der Waals surface area contributed by atoms with Crippen molar-refractivity contribution in [1.82, 2.24) is 15.3 Å². The van der Waals surface area contributed by atoms with Gasteiger partial charge in [-0.3, -0.25) is 9.88 Å². The molecule has 10 heteroatoms. The summed E-state index contributed by atoms with van der Waals surface area (Å²) in [5.74, 6) is -0.174. The minimum atomic E-state index is -4.53. The van der Waals surface area contributed by atoms with Crippen LogP contribution < -0.4 is 10.4 Å². The highest BCUT2D eigenvalue weighted by molar-refractivity contribution is 8.55. The monoisotopic (exact) mass is 481 g/mol. The topological polar surface area (TPSA) is 44.4 Å². The largest absolute Gasteiger partial charge is 0.416 e. The average Bonchev–Trinajstić information content (AvgIpc) is 3.50. The Balaban J connectivity index is 1.36. The van der Waals surface area contributed by atoms with Crippen LogP contribution >= 0.6 is 30.3 Å². The second-order valence-corrected chi connectivity index (χ2v) is 12.8. The number of likely N-dealkylation sites (tertiary alicyclic amines) is 1. The molecule has 168 valence electrons.